The van der Waals surface area contributed by atoms with E-state index in [4.69, 9.17) is 4.74 Å². The highest BCUT2D eigenvalue weighted by Crippen LogP contribution is 2.30. The molecule has 4 nitrogen and oxygen atoms in total. The van der Waals surface area contributed by atoms with Crippen LogP contribution in [0.3, 0.4) is 0 Å². The molecular weight excluding hydrogens is 216 g/mol. The summed E-state index contributed by atoms with van der Waals surface area (Å²) in [4.78, 5) is 14.3. The molecule has 0 spiro atoms. The van der Waals surface area contributed by atoms with Gasteiger partial charge in [0.2, 0.25) is 5.91 Å². The molecule has 0 aromatic carbocycles. The van der Waals surface area contributed by atoms with Crippen LogP contribution in [-0.4, -0.2) is 48.7 Å². The van der Waals surface area contributed by atoms with E-state index in [0.717, 1.165) is 25.9 Å². The minimum Gasteiger partial charge on any atom is -0.374 e. The SMILES string of the molecule is CCNC(C)CC(=O)N1CCOC2CCCC21. The lowest BCUT2D eigenvalue weighted by molar-refractivity contribution is -0.144. The largest absolute Gasteiger partial charge is 0.374 e. The summed E-state index contributed by atoms with van der Waals surface area (Å²) in [5, 5.41) is 3.30. The smallest absolute Gasteiger partial charge is 0.224 e. The number of ether oxygens (including phenoxy) is 1. The first-order valence-electron chi connectivity index (χ1n) is 6.86. The maximum Gasteiger partial charge on any atom is 0.224 e. The normalized spacial score (nSPS) is 30.1. The molecule has 1 heterocycles. The van der Waals surface area contributed by atoms with Crippen LogP contribution in [0.5, 0.6) is 0 Å². The first kappa shape index (κ1) is 12.8. The van der Waals surface area contributed by atoms with Crippen LogP contribution in [0.1, 0.15) is 39.5 Å². The van der Waals surface area contributed by atoms with Crippen molar-refractivity contribution in [2.75, 3.05) is 19.7 Å². The predicted molar refractivity (Wildman–Crippen MR) is 66.8 cm³/mol. The predicted octanol–water partition coefficient (Wildman–Crippen LogP) is 1.15. The minimum absolute atomic E-state index is 0.273. The Bertz CT molecular complexity index is 270. The first-order chi connectivity index (χ1) is 8.22. The van der Waals surface area contributed by atoms with Gasteiger partial charge >= 0.3 is 0 Å². The van der Waals surface area contributed by atoms with Crippen LogP contribution in [0.15, 0.2) is 0 Å². The second-order valence-electron chi connectivity index (χ2n) is 5.16. The van der Waals surface area contributed by atoms with Gasteiger partial charge in [-0.3, -0.25) is 4.79 Å². The van der Waals surface area contributed by atoms with Gasteiger partial charge in [0, 0.05) is 19.0 Å². The van der Waals surface area contributed by atoms with Crippen molar-refractivity contribution in [3.05, 3.63) is 0 Å². The van der Waals surface area contributed by atoms with Gasteiger partial charge in [0.1, 0.15) is 0 Å². The van der Waals surface area contributed by atoms with Crippen LogP contribution in [0.4, 0.5) is 0 Å². The topological polar surface area (TPSA) is 41.6 Å². The number of hydrogen-bond donors (Lipinski definition) is 1. The van der Waals surface area contributed by atoms with E-state index in [1.54, 1.807) is 0 Å². The zero-order valence-corrected chi connectivity index (χ0v) is 10.9. The highest BCUT2D eigenvalue weighted by Gasteiger charge is 2.38. The second-order valence-corrected chi connectivity index (χ2v) is 5.16. The molecule has 0 bridgehead atoms. The highest BCUT2D eigenvalue weighted by molar-refractivity contribution is 5.77. The van der Waals surface area contributed by atoms with Crippen molar-refractivity contribution in [2.24, 2.45) is 0 Å². The van der Waals surface area contributed by atoms with Gasteiger partial charge in [0.05, 0.1) is 18.8 Å². The Hall–Kier alpha value is -0.610. The maximum absolute atomic E-state index is 12.3. The Morgan fingerprint density at radius 2 is 2.35 bits per heavy atom. The highest BCUT2D eigenvalue weighted by atomic mass is 16.5. The number of nitrogens with one attached hydrogen (secondary N) is 1. The molecule has 1 aliphatic heterocycles. The quantitative estimate of drug-likeness (QED) is 0.801. The van der Waals surface area contributed by atoms with Gasteiger partial charge < -0.3 is 15.0 Å². The van der Waals surface area contributed by atoms with E-state index in [-0.39, 0.29) is 6.04 Å². The third-order valence-electron chi connectivity index (χ3n) is 3.84. The number of morpholine rings is 1. The Labute approximate surface area is 104 Å². The molecule has 0 aromatic rings. The van der Waals surface area contributed by atoms with Crippen LogP contribution in [-0.2, 0) is 9.53 Å². The maximum atomic E-state index is 12.3. The number of fused-ring (bicyclic) bond motifs is 1. The van der Waals surface area contributed by atoms with E-state index < -0.39 is 0 Å². The second kappa shape index (κ2) is 5.83. The minimum atomic E-state index is 0.273. The number of amides is 1. The molecule has 3 unspecified atom stereocenters. The van der Waals surface area contributed by atoms with E-state index in [9.17, 15) is 4.79 Å². The van der Waals surface area contributed by atoms with E-state index in [1.165, 1.54) is 6.42 Å². The molecule has 1 saturated heterocycles. The van der Waals surface area contributed by atoms with Crippen LogP contribution >= 0.6 is 0 Å². The molecule has 1 N–H and O–H groups in total. The summed E-state index contributed by atoms with van der Waals surface area (Å²) < 4.78 is 5.73. The molecule has 4 heteroatoms. The van der Waals surface area contributed by atoms with Crippen molar-refractivity contribution >= 4 is 5.91 Å². The summed E-state index contributed by atoms with van der Waals surface area (Å²) in [6.07, 6.45) is 4.35. The monoisotopic (exact) mass is 240 g/mol. The molecule has 0 radical (unpaired) electrons. The van der Waals surface area contributed by atoms with Crippen molar-refractivity contribution in [3.8, 4) is 0 Å². The van der Waals surface area contributed by atoms with Gasteiger partial charge in [0.15, 0.2) is 0 Å². The van der Waals surface area contributed by atoms with Gasteiger partial charge in [-0.1, -0.05) is 6.92 Å². The summed E-state index contributed by atoms with van der Waals surface area (Å²) >= 11 is 0. The van der Waals surface area contributed by atoms with Gasteiger partial charge in [0.25, 0.3) is 0 Å². The number of carbonyl (C=O) groups excluding carboxylic acids is 1. The standard InChI is InChI=1S/C13H24N2O2/c1-3-14-10(2)9-13(16)15-7-8-17-12-6-4-5-11(12)15/h10-12,14H,3-9H2,1-2H3. The van der Waals surface area contributed by atoms with Gasteiger partial charge in [-0.05, 0) is 32.7 Å². The third-order valence-corrected chi connectivity index (χ3v) is 3.84. The molecule has 1 amide bonds. The molecule has 2 fully saturated rings. The fraction of sp³-hybridized carbons (Fsp3) is 0.923. The molecule has 17 heavy (non-hydrogen) atoms. The fourth-order valence-electron chi connectivity index (χ4n) is 3.04. The van der Waals surface area contributed by atoms with Gasteiger partial charge in [-0.2, -0.15) is 0 Å². The van der Waals surface area contributed by atoms with Crippen molar-refractivity contribution in [2.45, 2.75) is 57.7 Å². The first-order valence-corrected chi connectivity index (χ1v) is 6.86. The van der Waals surface area contributed by atoms with E-state index in [1.807, 2.05) is 0 Å². The number of nitrogens with zero attached hydrogens (tertiary/aromatic N) is 1. The molecule has 1 saturated carbocycles. The molecule has 3 atom stereocenters. The molecule has 0 aromatic heterocycles. The summed E-state index contributed by atoms with van der Waals surface area (Å²) in [6.45, 7) is 6.56. The van der Waals surface area contributed by atoms with E-state index >= 15 is 0 Å². The number of rotatable bonds is 4. The van der Waals surface area contributed by atoms with Crippen LogP contribution in [0.2, 0.25) is 0 Å². The Morgan fingerprint density at radius 3 is 3.12 bits per heavy atom. The molecule has 1 aliphatic carbocycles. The van der Waals surface area contributed by atoms with Crippen molar-refractivity contribution < 1.29 is 9.53 Å². The molecule has 2 aliphatic rings. The van der Waals surface area contributed by atoms with E-state index in [0.29, 0.717) is 31.1 Å². The molecule has 2 rings (SSSR count). The van der Waals surface area contributed by atoms with E-state index in [2.05, 4.69) is 24.1 Å². The molecule has 98 valence electrons. The average molecular weight is 240 g/mol. The zero-order valence-electron chi connectivity index (χ0n) is 10.9. The summed E-state index contributed by atoms with van der Waals surface area (Å²) in [5.41, 5.74) is 0. The van der Waals surface area contributed by atoms with Crippen molar-refractivity contribution in [1.29, 1.82) is 0 Å². The van der Waals surface area contributed by atoms with Crippen LogP contribution in [0, 0.1) is 0 Å². The number of carbonyl (C=O) groups is 1. The van der Waals surface area contributed by atoms with Crippen LogP contribution in [0.25, 0.3) is 0 Å². The zero-order chi connectivity index (χ0) is 12.3. The van der Waals surface area contributed by atoms with Crippen molar-refractivity contribution in [1.82, 2.24) is 10.2 Å². The Kier molecular flexibility index (Phi) is 4.40. The van der Waals surface area contributed by atoms with Crippen molar-refractivity contribution in [3.63, 3.8) is 0 Å². The molecular formula is C13H24N2O2. The van der Waals surface area contributed by atoms with Gasteiger partial charge in [-0.25, -0.2) is 0 Å². The number of hydrogen-bond acceptors (Lipinski definition) is 3. The van der Waals surface area contributed by atoms with Crippen LogP contribution < -0.4 is 5.32 Å². The Balaban J connectivity index is 1.89. The average Bonchev–Trinajstić information content (AvgIpc) is 2.76. The fourth-order valence-corrected chi connectivity index (χ4v) is 3.04. The Morgan fingerprint density at radius 1 is 1.53 bits per heavy atom. The summed E-state index contributed by atoms with van der Waals surface area (Å²) in [7, 11) is 0. The summed E-state index contributed by atoms with van der Waals surface area (Å²) in [5.74, 6) is 0.290. The lowest BCUT2D eigenvalue weighted by Crippen LogP contribution is -2.52. The third kappa shape index (κ3) is 2.99. The lowest BCUT2D eigenvalue weighted by atomic mass is 10.1. The lowest BCUT2D eigenvalue weighted by Gasteiger charge is -2.38. The summed E-state index contributed by atoms with van der Waals surface area (Å²) in [6, 6.07) is 0.625. The van der Waals surface area contributed by atoms with Gasteiger partial charge in [-0.15, -0.1) is 0 Å².